The van der Waals surface area contributed by atoms with Crippen LogP contribution < -0.4 is 10.1 Å². The predicted octanol–water partition coefficient (Wildman–Crippen LogP) is 6.14. The summed E-state index contributed by atoms with van der Waals surface area (Å²) in [6.07, 6.45) is 1.85. The molecule has 1 atom stereocenters. The highest BCUT2D eigenvalue weighted by Crippen LogP contribution is 2.21. The van der Waals surface area contributed by atoms with Gasteiger partial charge in [0.2, 0.25) is 0 Å². The number of halogens is 2. The van der Waals surface area contributed by atoms with Gasteiger partial charge in [0.05, 0.1) is 16.6 Å². The largest absolute Gasteiger partial charge is 0.346 e. The first-order valence-electron chi connectivity index (χ1n) is 10.5. The summed E-state index contributed by atoms with van der Waals surface area (Å²) < 4.78 is 1.86. The summed E-state index contributed by atoms with van der Waals surface area (Å²) in [6.45, 7) is 2.41. The van der Waals surface area contributed by atoms with Gasteiger partial charge < -0.3 is 9.88 Å². The predicted molar refractivity (Wildman–Crippen MR) is 137 cm³/mol. The molecule has 0 saturated heterocycles. The quantitative estimate of drug-likeness (QED) is 0.339. The van der Waals surface area contributed by atoms with E-state index in [1.165, 1.54) is 17.4 Å². The lowest BCUT2D eigenvalue weighted by Crippen LogP contribution is -2.26. The number of hydrogen-bond donors (Lipinski definition) is 1. The normalized spacial score (nSPS) is 12.4. The van der Waals surface area contributed by atoms with Crippen molar-refractivity contribution in [2.45, 2.75) is 19.5 Å². The summed E-state index contributed by atoms with van der Waals surface area (Å²) in [5.74, 6) is -0.591. The van der Waals surface area contributed by atoms with Gasteiger partial charge in [-0.05, 0) is 48.4 Å². The molecule has 3 aromatic carbocycles. The summed E-state index contributed by atoms with van der Waals surface area (Å²) in [5, 5.41) is 5.60. The zero-order valence-electron chi connectivity index (χ0n) is 18.2. The molecule has 0 spiro atoms. The molecule has 0 unspecified atom stereocenters. The van der Waals surface area contributed by atoms with Crippen molar-refractivity contribution < 1.29 is 9.59 Å². The van der Waals surface area contributed by atoms with Crippen molar-refractivity contribution in [2.24, 2.45) is 4.99 Å². The van der Waals surface area contributed by atoms with Gasteiger partial charge in [0.1, 0.15) is 0 Å². The van der Waals surface area contributed by atoms with Gasteiger partial charge in [-0.15, -0.1) is 11.3 Å². The first kappa shape index (κ1) is 24.0. The number of nitrogens with one attached hydrogen (secondary N) is 1. The van der Waals surface area contributed by atoms with E-state index in [0.29, 0.717) is 21.9 Å². The summed E-state index contributed by atoms with van der Waals surface area (Å²) in [7, 11) is 0. The van der Waals surface area contributed by atoms with Crippen molar-refractivity contribution in [1.82, 2.24) is 9.88 Å². The van der Waals surface area contributed by atoms with Crippen molar-refractivity contribution in [3.63, 3.8) is 0 Å². The van der Waals surface area contributed by atoms with Gasteiger partial charge in [-0.2, -0.15) is 4.99 Å². The molecule has 0 aliphatic heterocycles. The number of hydrogen-bond acceptors (Lipinski definition) is 3. The molecule has 8 heteroatoms. The summed E-state index contributed by atoms with van der Waals surface area (Å²) in [4.78, 5) is 30.2. The van der Waals surface area contributed by atoms with Gasteiger partial charge in [0, 0.05) is 28.7 Å². The molecule has 0 fully saturated rings. The number of thiazole rings is 1. The molecule has 0 aliphatic carbocycles. The van der Waals surface area contributed by atoms with Crippen LogP contribution in [0.2, 0.25) is 10.0 Å². The highest BCUT2D eigenvalue weighted by atomic mass is 35.5. The molecule has 0 bridgehead atoms. The van der Waals surface area contributed by atoms with Crippen LogP contribution in [-0.2, 0) is 6.54 Å². The van der Waals surface area contributed by atoms with Crippen LogP contribution in [0, 0.1) is 0 Å². The van der Waals surface area contributed by atoms with Gasteiger partial charge in [0.15, 0.2) is 4.80 Å². The minimum atomic E-state index is -0.444. The van der Waals surface area contributed by atoms with Crippen LogP contribution in [0.4, 0.5) is 0 Å². The Hall–Kier alpha value is -3.19. The molecule has 34 heavy (non-hydrogen) atoms. The molecule has 1 heterocycles. The molecule has 0 saturated carbocycles. The Morgan fingerprint density at radius 3 is 2.59 bits per heavy atom. The average Bonchev–Trinajstić information content (AvgIpc) is 3.25. The maximum absolute atomic E-state index is 12.8. The fraction of sp³-hybridized carbons (Fsp3) is 0.115. The lowest BCUT2D eigenvalue weighted by atomic mass is 10.1. The van der Waals surface area contributed by atoms with Gasteiger partial charge in [0.25, 0.3) is 11.8 Å². The number of benzene rings is 3. The lowest BCUT2D eigenvalue weighted by Gasteiger charge is -2.15. The summed E-state index contributed by atoms with van der Waals surface area (Å²) >= 11 is 13.4. The van der Waals surface area contributed by atoms with E-state index >= 15 is 0 Å². The van der Waals surface area contributed by atoms with E-state index in [9.17, 15) is 9.59 Å². The Bertz CT molecular complexity index is 1400. The van der Waals surface area contributed by atoms with E-state index in [-0.39, 0.29) is 22.5 Å². The van der Waals surface area contributed by atoms with Crippen LogP contribution in [0.3, 0.4) is 0 Å². The Kier molecular flexibility index (Phi) is 7.63. The first-order valence-corrected chi connectivity index (χ1v) is 12.2. The topological polar surface area (TPSA) is 63.5 Å². The molecule has 4 aromatic rings. The fourth-order valence-electron chi connectivity index (χ4n) is 3.43. The summed E-state index contributed by atoms with van der Waals surface area (Å²) in [5.41, 5.74) is 2.81. The number of nitrogens with zero attached hydrogens (tertiary/aromatic N) is 2. The van der Waals surface area contributed by atoms with Crippen molar-refractivity contribution in [2.75, 3.05) is 0 Å². The standard InChI is InChI=1S/C26H21Cl2N3O2S/c1-17(19-7-3-2-4-8-19)29-24(32)20-9-5-6-18(14-20)16-31-12-13-34-26(31)30-25(33)22-11-10-21(27)15-23(22)28/h2-15,17H,16H2,1H3,(H,29,32)/t17-/m1/s1. The van der Waals surface area contributed by atoms with Crippen LogP contribution in [0.1, 0.15) is 44.8 Å². The molecule has 172 valence electrons. The smallest absolute Gasteiger partial charge is 0.281 e. The Balaban J connectivity index is 1.51. The van der Waals surface area contributed by atoms with E-state index in [0.717, 1.165) is 11.1 Å². The second-order valence-corrected chi connectivity index (χ2v) is 9.38. The van der Waals surface area contributed by atoms with Gasteiger partial charge >= 0.3 is 0 Å². The van der Waals surface area contributed by atoms with E-state index < -0.39 is 5.91 Å². The third kappa shape index (κ3) is 5.83. The van der Waals surface area contributed by atoms with Gasteiger partial charge in [-0.1, -0.05) is 65.7 Å². The maximum atomic E-state index is 12.8. The number of aromatic nitrogens is 1. The number of carbonyl (C=O) groups excluding carboxylic acids is 2. The monoisotopic (exact) mass is 509 g/mol. The van der Waals surface area contributed by atoms with E-state index in [1.54, 1.807) is 18.2 Å². The molecular weight excluding hydrogens is 489 g/mol. The fourth-order valence-corrected chi connectivity index (χ4v) is 4.65. The Labute approximate surface area is 211 Å². The van der Waals surface area contributed by atoms with Crippen molar-refractivity contribution >= 4 is 46.4 Å². The van der Waals surface area contributed by atoms with E-state index in [4.69, 9.17) is 23.2 Å². The van der Waals surface area contributed by atoms with Crippen molar-refractivity contribution in [3.05, 3.63) is 121 Å². The van der Waals surface area contributed by atoms with Crippen LogP contribution in [0.15, 0.2) is 89.4 Å². The number of amides is 2. The molecular formula is C26H21Cl2N3O2S. The van der Waals surface area contributed by atoms with Crippen LogP contribution in [-0.4, -0.2) is 16.4 Å². The molecule has 0 aliphatic rings. The molecule has 1 aromatic heterocycles. The average molecular weight is 510 g/mol. The molecule has 0 radical (unpaired) electrons. The van der Waals surface area contributed by atoms with Crippen LogP contribution >= 0.6 is 34.5 Å². The van der Waals surface area contributed by atoms with Crippen LogP contribution in [0.5, 0.6) is 0 Å². The minimum absolute atomic E-state index is 0.111. The highest BCUT2D eigenvalue weighted by Gasteiger charge is 2.13. The lowest BCUT2D eigenvalue weighted by molar-refractivity contribution is 0.0938. The van der Waals surface area contributed by atoms with E-state index in [2.05, 4.69) is 10.3 Å². The zero-order valence-corrected chi connectivity index (χ0v) is 20.6. The number of rotatable bonds is 6. The van der Waals surface area contributed by atoms with E-state index in [1.807, 2.05) is 71.6 Å². The Morgan fingerprint density at radius 1 is 1.03 bits per heavy atom. The first-order chi connectivity index (χ1) is 16.4. The van der Waals surface area contributed by atoms with Crippen molar-refractivity contribution in [1.29, 1.82) is 0 Å². The minimum Gasteiger partial charge on any atom is -0.346 e. The third-order valence-corrected chi connectivity index (χ3v) is 6.55. The molecule has 4 rings (SSSR count). The van der Waals surface area contributed by atoms with Gasteiger partial charge in [-0.3, -0.25) is 9.59 Å². The Morgan fingerprint density at radius 2 is 1.82 bits per heavy atom. The maximum Gasteiger partial charge on any atom is 0.281 e. The number of carbonyl (C=O) groups is 2. The summed E-state index contributed by atoms with van der Waals surface area (Å²) in [6, 6.07) is 21.8. The third-order valence-electron chi connectivity index (χ3n) is 5.21. The molecule has 5 nitrogen and oxygen atoms in total. The van der Waals surface area contributed by atoms with Crippen LogP contribution in [0.25, 0.3) is 0 Å². The van der Waals surface area contributed by atoms with Gasteiger partial charge in [-0.25, -0.2) is 0 Å². The molecule has 2 amide bonds. The SMILES string of the molecule is C[C@@H](NC(=O)c1cccc(Cn2ccsc2=NC(=O)c2ccc(Cl)cc2Cl)c1)c1ccccc1. The zero-order chi connectivity index (χ0) is 24.1. The van der Waals surface area contributed by atoms with Crippen molar-refractivity contribution in [3.8, 4) is 0 Å². The second-order valence-electron chi connectivity index (χ2n) is 7.66. The molecule has 1 N–H and O–H groups in total. The highest BCUT2D eigenvalue weighted by molar-refractivity contribution is 7.07. The second kappa shape index (κ2) is 10.8.